The third-order valence-electron chi connectivity index (χ3n) is 6.01. The highest BCUT2D eigenvalue weighted by atomic mass is 32.2. The lowest BCUT2D eigenvalue weighted by atomic mass is 10.1. The van der Waals surface area contributed by atoms with Gasteiger partial charge in [-0.1, -0.05) is 18.2 Å². The van der Waals surface area contributed by atoms with Gasteiger partial charge in [0, 0.05) is 31.9 Å². The Morgan fingerprint density at radius 3 is 2.44 bits per heavy atom. The van der Waals surface area contributed by atoms with Crippen LogP contribution < -0.4 is 0 Å². The fourth-order valence-corrected chi connectivity index (χ4v) is 5.22. The maximum absolute atomic E-state index is 12.6. The van der Waals surface area contributed by atoms with Crippen molar-refractivity contribution < 1.29 is 12.8 Å². The van der Waals surface area contributed by atoms with E-state index in [4.69, 9.17) is 21.7 Å². The first-order valence-electron chi connectivity index (χ1n) is 10.9. The molecule has 0 spiro atoms. The second-order valence-electron chi connectivity index (χ2n) is 8.72. The Bertz CT molecular complexity index is 1530. The van der Waals surface area contributed by atoms with E-state index in [1.54, 1.807) is 12.1 Å². The number of nitrogens with zero attached hydrogens (tertiary/aromatic N) is 5. The van der Waals surface area contributed by atoms with Crippen LogP contribution in [0, 0.1) is 25.6 Å². The van der Waals surface area contributed by atoms with Gasteiger partial charge in [-0.3, -0.25) is 9.47 Å². The van der Waals surface area contributed by atoms with E-state index < -0.39 is 10.0 Å². The summed E-state index contributed by atoms with van der Waals surface area (Å²) < 4.78 is 36.0. The Kier molecular flexibility index (Phi) is 6.52. The molecule has 0 N–H and O–H groups in total. The van der Waals surface area contributed by atoms with Gasteiger partial charge in [-0.25, -0.2) is 17.4 Å². The number of fused-ring (bicyclic) bond motifs is 1. The van der Waals surface area contributed by atoms with Crippen LogP contribution in [0.25, 0.3) is 16.8 Å². The SMILES string of the molecule is Cc1ccccc1-n1nc(C)c(CN(C)Cn2c(=S)oc3ccc(S(=O)(=O)N(C)C)cc32)c1C. The van der Waals surface area contributed by atoms with Crippen LogP contribution in [0.3, 0.4) is 0 Å². The van der Waals surface area contributed by atoms with Crippen molar-refractivity contribution in [3.05, 3.63) is 69.8 Å². The summed E-state index contributed by atoms with van der Waals surface area (Å²) in [4.78, 5) is 2.60. The van der Waals surface area contributed by atoms with Gasteiger partial charge in [0.05, 0.1) is 28.5 Å². The van der Waals surface area contributed by atoms with Crippen molar-refractivity contribution in [1.29, 1.82) is 0 Å². The predicted molar refractivity (Wildman–Crippen MR) is 135 cm³/mol. The molecule has 0 saturated carbocycles. The first kappa shape index (κ1) is 24.3. The molecule has 2 aromatic heterocycles. The predicted octanol–water partition coefficient (Wildman–Crippen LogP) is 4.41. The van der Waals surface area contributed by atoms with Crippen LogP contribution in [-0.4, -0.2) is 53.1 Å². The third kappa shape index (κ3) is 4.34. The highest BCUT2D eigenvalue weighted by Crippen LogP contribution is 2.25. The lowest BCUT2D eigenvalue weighted by Gasteiger charge is -2.18. The van der Waals surface area contributed by atoms with Crippen molar-refractivity contribution in [2.75, 3.05) is 21.1 Å². The Morgan fingerprint density at radius 1 is 1.06 bits per heavy atom. The monoisotopic (exact) mass is 499 g/mol. The Labute approximate surface area is 205 Å². The average Bonchev–Trinajstić information content (AvgIpc) is 3.24. The maximum Gasteiger partial charge on any atom is 0.270 e. The van der Waals surface area contributed by atoms with E-state index in [0.717, 1.165) is 28.2 Å². The van der Waals surface area contributed by atoms with Gasteiger partial charge in [-0.15, -0.1) is 0 Å². The summed E-state index contributed by atoms with van der Waals surface area (Å²) in [6.45, 7) is 7.25. The Hall–Kier alpha value is -2.79. The zero-order valence-corrected chi connectivity index (χ0v) is 21.9. The molecular weight excluding hydrogens is 470 g/mol. The fourth-order valence-electron chi connectivity index (χ4n) is 4.05. The van der Waals surface area contributed by atoms with Gasteiger partial charge in [-0.2, -0.15) is 5.10 Å². The highest BCUT2D eigenvalue weighted by Gasteiger charge is 2.20. The van der Waals surface area contributed by atoms with Gasteiger partial charge in [0.15, 0.2) is 5.58 Å². The molecule has 8 nitrogen and oxygen atoms in total. The molecule has 180 valence electrons. The lowest BCUT2D eigenvalue weighted by Crippen LogP contribution is -2.23. The average molecular weight is 500 g/mol. The molecule has 34 heavy (non-hydrogen) atoms. The number of oxazole rings is 1. The van der Waals surface area contributed by atoms with Crippen LogP contribution in [0.15, 0.2) is 51.8 Å². The zero-order chi connectivity index (χ0) is 24.8. The van der Waals surface area contributed by atoms with Gasteiger partial charge in [0.25, 0.3) is 4.84 Å². The standard InChI is InChI=1S/C24H29N5O3S2/c1-16-9-7-8-10-21(16)29-18(3)20(17(2)25-29)14-27(6)15-28-22-13-19(34(30,31)26(4)5)11-12-23(22)32-24(28)33/h7-13H,14-15H2,1-6H3. The van der Waals surface area contributed by atoms with Gasteiger partial charge in [-0.05, 0) is 69.9 Å². The van der Waals surface area contributed by atoms with Gasteiger partial charge < -0.3 is 4.42 Å². The van der Waals surface area contributed by atoms with Crippen molar-refractivity contribution in [3.8, 4) is 5.69 Å². The molecular formula is C24H29N5O3S2. The minimum Gasteiger partial charge on any atom is -0.429 e. The first-order chi connectivity index (χ1) is 16.0. The maximum atomic E-state index is 12.6. The van der Waals surface area contributed by atoms with E-state index in [1.807, 2.05) is 35.4 Å². The molecule has 2 heterocycles. The number of sulfonamides is 1. The fraction of sp³-hybridized carbons (Fsp3) is 0.333. The molecule has 0 atom stereocenters. The molecule has 0 fully saturated rings. The number of benzene rings is 2. The van der Waals surface area contributed by atoms with Gasteiger partial charge in [0.2, 0.25) is 10.0 Å². The number of hydrogen-bond donors (Lipinski definition) is 0. The molecule has 0 bridgehead atoms. The minimum absolute atomic E-state index is 0.198. The van der Waals surface area contributed by atoms with Gasteiger partial charge in [0.1, 0.15) is 0 Å². The topological polar surface area (TPSA) is 76.5 Å². The first-order valence-corrected chi connectivity index (χ1v) is 12.7. The molecule has 0 saturated heterocycles. The molecule has 4 aromatic rings. The molecule has 0 amide bonds. The van der Waals surface area contributed by atoms with E-state index in [9.17, 15) is 8.42 Å². The lowest BCUT2D eigenvalue weighted by molar-refractivity contribution is 0.256. The Balaban J connectivity index is 1.65. The van der Waals surface area contributed by atoms with E-state index >= 15 is 0 Å². The molecule has 0 radical (unpaired) electrons. The quantitative estimate of drug-likeness (QED) is 0.351. The van der Waals surface area contributed by atoms with E-state index in [2.05, 4.69) is 30.9 Å². The molecule has 0 unspecified atom stereocenters. The summed E-state index contributed by atoms with van der Waals surface area (Å²) in [6, 6.07) is 13.0. The number of aromatic nitrogens is 3. The van der Waals surface area contributed by atoms with Crippen molar-refractivity contribution >= 4 is 33.3 Å². The van der Waals surface area contributed by atoms with E-state index in [-0.39, 0.29) is 4.90 Å². The summed E-state index contributed by atoms with van der Waals surface area (Å²) in [5.74, 6) is 0. The zero-order valence-electron chi connectivity index (χ0n) is 20.2. The van der Waals surface area contributed by atoms with Crippen molar-refractivity contribution in [1.82, 2.24) is 23.6 Å². The van der Waals surface area contributed by atoms with Crippen molar-refractivity contribution in [2.24, 2.45) is 0 Å². The number of rotatable bonds is 7. The van der Waals surface area contributed by atoms with Crippen molar-refractivity contribution in [3.63, 3.8) is 0 Å². The van der Waals surface area contributed by atoms with Crippen LogP contribution in [0.1, 0.15) is 22.5 Å². The molecule has 10 heteroatoms. The van der Waals surface area contributed by atoms with Crippen molar-refractivity contribution in [2.45, 2.75) is 38.9 Å². The summed E-state index contributed by atoms with van der Waals surface area (Å²) in [5, 5.41) is 4.79. The Morgan fingerprint density at radius 2 is 1.76 bits per heavy atom. The minimum atomic E-state index is -3.57. The molecule has 4 rings (SSSR count). The molecule has 0 aliphatic carbocycles. The van der Waals surface area contributed by atoms with E-state index in [1.165, 1.54) is 24.5 Å². The van der Waals surface area contributed by atoms with Crippen LogP contribution in [0.5, 0.6) is 0 Å². The summed E-state index contributed by atoms with van der Waals surface area (Å²) in [5.41, 5.74) is 6.61. The summed E-state index contributed by atoms with van der Waals surface area (Å²) in [6.07, 6.45) is 0. The van der Waals surface area contributed by atoms with Crippen LogP contribution >= 0.6 is 12.2 Å². The number of aryl methyl sites for hydroxylation is 2. The van der Waals surface area contributed by atoms with Crippen LogP contribution in [0.2, 0.25) is 0 Å². The summed E-state index contributed by atoms with van der Waals surface area (Å²) >= 11 is 5.45. The molecule has 0 aliphatic heterocycles. The largest absolute Gasteiger partial charge is 0.429 e. The molecule has 0 aliphatic rings. The van der Waals surface area contributed by atoms with Crippen LogP contribution in [-0.2, 0) is 23.2 Å². The third-order valence-corrected chi connectivity index (χ3v) is 8.13. The van der Waals surface area contributed by atoms with Crippen LogP contribution in [0.4, 0.5) is 0 Å². The second-order valence-corrected chi connectivity index (χ2v) is 11.2. The normalized spacial score (nSPS) is 12.4. The second kappa shape index (κ2) is 9.10. The number of para-hydroxylation sites is 1. The number of hydrogen-bond acceptors (Lipinski definition) is 6. The smallest absolute Gasteiger partial charge is 0.270 e. The summed E-state index contributed by atoms with van der Waals surface area (Å²) in [7, 11) is 1.44. The molecule has 2 aromatic carbocycles. The van der Waals surface area contributed by atoms with Gasteiger partial charge >= 0.3 is 0 Å². The van der Waals surface area contributed by atoms with E-state index in [0.29, 0.717) is 29.2 Å². The highest BCUT2D eigenvalue weighted by molar-refractivity contribution is 7.89.